The number of benzene rings is 3. The lowest BCUT2D eigenvalue weighted by molar-refractivity contribution is 0.0485. The van der Waals surface area contributed by atoms with Crippen molar-refractivity contribution in [2.45, 2.75) is 49.7 Å². The quantitative estimate of drug-likeness (QED) is 0.190. The molecule has 0 saturated carbocycles. The molecule has 2 aliphatic rings. The SMILES string of the molecule is COc1ccc(CN(c2nccs2)S(=O)(=O)c2cc3c(cc2F)[C@H](N2CC[C@@H](C)C[C@H]2c2ccc(F)cc2)CCO3)c(OC)c1. The van der Waals surface area contributed by atoms with Crippen LogP contribution in [0.2, 0.25) is 0 Å². The molecule has 6 rings (SSSR count). The van der Waals surface area contributed by atoms with Gasteiger partial charge in [0.05, 0.1) is 27.4 Å². The van der Waals surface area contributed by atoms with E-state index < -0.39 is 20.7 Å². The number of rotatable bonds is 9. The molecule has 238 valence electrons. The lowest BCUT2D eigenvalue weighted by atomic mass is 9.85. The predicted molar refractivity (Wildman–Crippen MR) is 169 cm³/mol. The molecule has 0 N–H and O–H groups in total. The third kappa shape index (κ3) is 6.23. The van der Waals surface area contributed by atoms with Gasteiger partial charge in [-0.1, -0.05) is 19.1 Å². The molecule has 12 heteroatoms. The van der Waals surface area contributed by atoms with Gasteiger partial charge >= 0.3 is 0 Å². The normalized spacial score (nSPS) is 20.2. The Kier molecular flexibility index (Phi) is 8.98. The molecule has 0 aliphatic carbocycles. The number of ether oxygens (including phenoxy) is 3. The highest BCUT2D eigenvalue weighted by atomic mass is 32.2. The maximum absolute atomic E-state index is 16.1. The van der Waals surface area contributed by atoms with E-state index in [-0.39, 0.29) is 29.6 Å². The van der Waals surface area contributed by atoms with Gasteiger partial charge in [-0.15, -0.1) is 11.3 Å². The van der Waals surface area contributed by atoms with E-state index in [0.717, 1.165) is 40.6 Å². The number of likely N-dealkylation sites (tertiary alicyclic amines) is 1. The highest BCUT2D eigenvalue weighted by Crippen LogP contribution is 2.46. The Bertz CT molecular complexity index is 1750. The Morgan fingerprint density at radius 3 is 2.56 bits per heavy atom. The minimum atomic E-state index is -4.44. The second kappa shape index (κ2) is 12.9. The van der Waals surface area contributed by atoms with Gasteiger partial charge in [-0.2, -0.15) is 0 Å². The van der Waals surface area contributed by atoms with Crippen LogP contribution in [0.1, 0.15) is 55.0 Å². The van der Waals surface area contributed by atoms with Crippen molar-refractivity contribution in [2.75, 3.05) is 31.7 Å². The lowest BCUT2D eigenvalue weighted by Crippen LogP contribution is -2.41. The average molecular weight is 656 g/mol. The third-order valence-corrected chi connectivity index (χ3v) is 11.3. The van der Waals surface area contributed by atoms with Crippen LogP contribution in [-0.4, -0.2) is 45.7 Å². The molecule has 0 amide bonds. The Labute approximate surface area is 266 Å². The van der Waals surface area contributed by atoms with Crippen molar-refractivity contribution in [3.63, 3.8) is 0 Å². The maximum atomic E-state index is 16.1. The number of fused-ring (bicyclic) bond motifs is 1. The Balaban J connectivity index is 1.37. The summed E-state index contributed by atoms with van der Waals surface area (Å²) in [5.41, 5.74) is 2.17. The van der Waals surface area contributed by atoms with Crippen LogP contribution < -0.4 is 18.5 Å². The van der Waals surface area contributed by atoms with Crippen molar-refractivity contribution in [2.24, 2.45) is 5.92 Å². The minimum Gasteiger partial charge on any atom is -0.497 e. The van der Waals surface area contributed by atoms with Crippen LogP contribution in [0.25, 0.3) is 0 Å². The third-order valence-electron chi connectivity index (χ3n) is 8.64. The summed E-state index contributed by atoms with van der Waals surface area (Å²) in [6, 6.07) is 14.1. The van der Waals surface area contributed by atoms with E-state index in [9.17, 15) is 12.8 Å². The Morgan fingerprint density at radius 2 is 1.84 bits per heavy atom. The topological polar surface area (TPSA) is 81.2 Å². The van der Waals surface area contributed by atoms with Crippen molar-refractivity contribution in [3.05, 3.63) is 94.5 Å². The van der Waals surface area contributed by atoms with E-state index in [1.165, 1.54) is 44.7 Å². The largest absolute Gasteiger partial charge is 0.497 e. The first-order chi connectivity index (χ1) is 21.7. The molecule has 0 radical (unpaired) electrons. The number of anilines is 1. The van der Waals surface area contributed by atoms with Crippen LogP contribution in [0.15, 0.2) is 71.1 Å². The number of aromatic nitrogens is 1. The number of nitrogens with zero attached hydrogens (tertiary/aromatic N) is 3. The summed E-state index contributed by atoms with van der Waals surface area (Å²) in [5, 5.41) is 1.85. The molecule has 45 heavy (non-hydrogen) atoms. The first kappa shape index (κ1) is 31.3. The number of methoxy groups -OCH3 is 2. The summed E-state index contributed by atoms with van der Waals surface area (Å²) in [6.45, 7) is 3.19. The maximum Gasteiger partial charge on any atom is 0.269 e. The Hall–Kier alpha value is -3.74. The van der Waals surface area contributed by atoms with Crippen LogP contribution in [0.5, 0.6) is 17.2 Å². The van der Waals surface area contributed by atoms with Gasteiger partial charge in [-0.3, -0.25) is 4.90 Å². The summed E-state index contributed by atoms with van der Waals surface area (Å²) in [6.07, 6.45) is 3.97. The second-order valence-electron chi connectivity index (χ2n) is 11.4. The molecule has 1 fully saturated rings. The van der Waals surface area contributed by atoms with Crippen LogP contribution in [0, 0.1) is 17.6 Å². The fourth-order valence-corrected chi connectivity index (χ4v) is 8.64. The molecule has 2 aliphatic heterocycles. The van der Waals surface area contributed by atoms with Crippen LogP contribution in [-0.2, 0) is 16.6 Å². The molecule has 0 bridgehead atoms. The molecule has 0 unspecified atom stereocenters. The summed E-state index contributed by atoms with van der Waals surface area (Å²) in [5.74, 6) is 0.631. The molecule has 3 aromatic carbocycles. The predicted octanol–water partition coefficient (Wildman–Crippen LogP) is 7.13. The number of thiazole rings is 1. The zero-order valence-electron chi connectivity index (χ0n) is 25.3. The number of hydrogen-bond acceptors (Lipinski definition) is 8. The first-order valence-electron chi connectivity index (χ1n) is 14.8. The first-order valence-corrected chi connectivity index (χ1v) is 17.1. The van der Waals surface area contributed by atoms with Gasteiger partial charge in [0, 0.05) is 53.3 Å². The van der Waals surface area contributed by atoms with Crippen LogP contribution >= 0.6 is 11.3 Å². The fourth-order valence-electron chi connectivity index (χ4n) is 6.31. The summed E-state index contributed by atoms with van der Waals surface area (Å²) >= 11 is 1.13. The number of sulfonamides is 1. The smallest absolute Gasteiger partial charge is 0.269 e. The molecule has 1 aromatic heterocycles. The van der Waals surface area contributed by atoms with Gasteiger partial charge in [-0.05, 0) is 61.2 Å². The van der Waals surface area contributed by atoms with Gasteiger partial charge in [0.25, 0.3) is 10.0 Å². The average Bonchev–Trinajstić information content (AvgIpc) is 3.58. The van der Waals surface area contributed by atoms with Crippen LogP contribution in [0.4, 0.5) is 13.9 Å². The van der Waals surface area contributed by atoms with E-state index in [1.54, 1.807) is 23.6 Å². The van der Waals surface area contributed by atoms with Gasteiger partial charge in [0.2, 0.25) is 0 Å². The van der Waals surface area contributed by atoms with Gasteiger partial charge in [0.1, 0.15) is 33.8 Å². The van der Waals surface area contributed by atoms with Crippen molar-refractivity contribution in [1.29, 1.82) is 0 Å². The summed E-state index contributed by atoms with van der Waals surface area (Å²) in [7, 11) is -1.43. The highest BCUT2D eigenvalue weighted by Gasteiger charge is 2.38. The minimum absolute atomic E-state index is 0.0108. The van der Waals surface area contributed by atoms with Crippen molar-refractivity contribution >= 4 is 26.5 Å². The van der Waals surface area contributed by atoms with Crippen molar-refractivity contribution < 1.29 is 31.4 Å². The lowest BCUT2D eigenvalue weighted by Gasteiger charge is -2.45. The number of halogens is 2. The fraction of sp³-hybridized carbons (Fsp3) is 0.364. The second-order valence-corrected chi connectivity index (χ2v) is 14.1. The Morgan fingerprint density at radius 1 is 1.04 bits per heavy atom. The van der Waals surface area contributed by atoms with E-state index in [0.29, 0.717) is 47.3 Å². The molecule has 0 spiro atoms. The molecular weight excluding hydrogens is 621 g/mol. The van der Waals surface area contributed by atoms with Crippen molar-refractivity contribution in [3.8, 4) is 17.2 Å². The van der Waals surface area contributed by atoms with Gasteiger partial charge < -0.3 is 14.2 Å². The molecule has 4 aromatic rings. The molecule has 3 atom stereocenters. The standard InChI is InChI=1S/C33H35F2N3O5S2/c1-21-10-13-37(29(16-21)22-4-7-24(34)8-5-22)28-11-14-43-31-19-32(27(35)18-26(28)31)45(39,40)38(33-36-12-15-44-33)20-23-6-9-25(41-2)17-30(23)42-3/h4-9,12,15,17-19,21,28-29H,10-11,13-14,16,20H2,1-3H3/t21-,28-,29+/m1/s1. The zero-order chi connectivity index (χ0) is 31.7. The summed E-state index contributed by atoms with van der Waals surface area (Å²) < 4.78 is 76.3. The van der Waals surface area contributed by atoms with E-state index >= 15 is 4.39 Å². The molecule has 3 heterocycles. The van der Waals surface area contributed by atoms with E-state index in [1.807, 2.05) is 12.1 Å². The van der Waals surface area contributed by atoms with Gasteiger partial charge in [0.15, 0.2) is 5.13 Å². The van der Waals surface area contributed by atoms with Crippen LogP contribution in [0.3, 0.4) is 0 Å². The van der Waals surface area contributed by atoms with Gasteiger partial charge in [-0.25, -0.2) is 26.5 Å². The number of hydrogen-bond donors (Lipinski definition) is 0. The molecule has 8 nitrogen and oxygen atoms in total. The van der Waals surface area contributed by atoms with E-state index in [2.05, 4.69) is 16.8 Å². The summed E-state index contributed by atoms with van der Waals surface area (Å²) in [4.78, 5) is 6.09. The molecule has 1 saturated heterocycles. The molecular formula is C33H35F2N3O5S2. The zero-order valence-corrected chi connectivity index (χ0v) is 26.9. The highest BCUT2D eigenvalue weighted by molar-refractivity contribution is 7.93. The monoisotopic (exact) mass is 655 g/mol. The van der Waals surface area contributed by atoms with Crippen molar-refractivity contribution in [1.82, 2.24) is 9.88 Å². The van der Waals surface area contributed by atoms with E-state index in [4.69, 9.17) is 14.2 Å². The number of piperidine rings is 1.